The van der Waals surface area contributed by atoms with Crippen LogP contribution in [0.4, 0.5) is 0 Å². The molecule has 0 N–H and O–H groups in total. The topological polar surface area (TPSA) is 0 Å². The Morgan fingerprint density at radius 2 is 2.25 bits per heavy atom. The summed E-state index contributed by atoms with van der Waals surface area (Å²) in [4.78, 5) is 2.49. The van der Waals surface area contributed by atoms with Crippen LogP contribution >= 0.6 is 0 Å². The molecular weight excluding hydrogens is 115 g/mol. The summed E-state index contributed by atoms with van der Waals surface area (Å²) in [5.41, 5.74) is 0. The Labute approximate surface area is 32.7 Å². The van der Waals surface area contributed by atoms with Crippen LogP contribution in [0.25, 0.3) is 0 Å². The average molecular weight is 119 g/mol. The fourth-order valence-electron chi connectivity index (χ4n) is 0. The third-order valence-electron chi connectivity index (χ3n) is 0.118. The second kappa shape index (κ2) is 3.08. The SMILES string of the molecule is C#C[Se]C. The monoisotopic (exact) mass is 120 g/mol. The molecule has 0 aliphatic carbocycles. The number of rotatable bonds is 0. The molecule has 0 aromatic rings. The summed E-state index contributed by atoms with van der Waals surface area (Å²) in [6.07, 6.45) is 4.81. The van der Waals surface area contributed by atoms with E-state index >= 15 is 0 Å². The molecule has 0 fully saturated rings. The van der Waals surface area contributed by atoms with Gasteiger partial charge in [0.05, 0.1) is 0 Å². The average Bonchev–Trinajstić information content (AvgIpc) is 1.37. The van der Waals surface area contributed by atoms with Gasteiger partial charge in [0.2, 0.25) is 0 Å². The van der Waals surface area contributed by atoms with Crippen molar-refractivity contribution in [3.8, 4) is 11.2 Å². The molecular formula is C3H4Se. The molecule has 0 amide bonds. The maximum atomic E-state index is 4.81. The Morgan fingerprint density at radius 3 is 2.25 bits per heavy atom. The second-order valence-corrected chi connectivity index (χ2v) is 1.67. The van der Waals surface area contributed by atoms with Crippen molar-refractivity contribution < 1.29 is 0 Å². The van der Waals surface area contributed by atoms with Crippen molar-refractivity contribution in [3.63, 3.8) is 0 Å². The maximum absolute atomic E-state index is 4.81. The molecule has 0 saturated heterocycles. The summed E-state index contributed by atoms with van der Waals surface area (Å²) in [7, 11) is 0. The van der Waals surface area contributed by atoms with Gasteiger partial charge in [-0.3, -0.25) is 0 Å². The van der Waals surface area contributed by atoms with Gasteiger partial charge in [0.15, 0.2) is 0 Å². The fraction of sp³-hybridized carbons (Fsp3) is 0.333. The fourth-order valence-corrected chi connectivity index (χ4v) is 0. The van der Waals surface area contributed by atoms with Crippen LogP contribution in [0.5, 0.6) is 0 Å². The van der Waals surface area contributed by atoms with Crippen molar-refractivity contribution in [1.29, 1.82) is 0 Å². The zero-order valence-electron chi connectivity index (χ0n) is 2.49. The van der Waals surface area contributed by atoms with Gasteiger partial charge in [-0.15, -0.1) is 0 Å². The molecule has 0 aliphatic rings. The zero-order chi connectivity index (χ0) is 3.41. The van der Waals surface area contributed by atoms with Crippen LogP contribution in [-0.4, -0.2) is 15.0 Å². The van der Waals surface area contributed by atoms with Crippen LogP contribution in [-0.2, 0) is 0 Å². The molecule has 0 aromatic heterocycles. The summed E-state index contributed by atoms with van der Waals surface area (Å²) in [5.74, 6) is 2.01. The van der Waals surface area contributed by atoms with Crippen molar-refractivity contribution >= 4 is 15.0 Å². The quantitative estimate of drug-likeness (QED) is 0.318. The van der Waals surface area contributed by atoms with Crippen LogP contribution in [0.1, 0.15) is 0 Å². The molecule has 22 valence electrons. The van der Waals surface area contributed by atoms with Gasteiger partial charge in [-0.05, 0) is 0 Å². The van der Waals surface area contributed by atoms with Gasteiger partial charge in [0.1, 0.15) is 0 Å². The number of hydrogen-bond donors (Lipinski definition) is 0. The summed E-state index contributed by atoms with van der Waals surface area (Å²) < 4.78 is 0. The van der Waals surface area contributed by atoms with Crippen molar-refractivity contribution in [2.45, 2.75) is 5.82 Å². The molecule has 0 aromatic carbocycles. The Bertz CT molecular complexity index is 33.0. The van der Waals surface area contributed by atoms with Crippen LogP contribution < -0.4 is 0 Å². The summed E-state index contributed by atoms with van der Waals surface area (Å²) in [6.45, 7) is 0. The van der Waals surface area contributed by atoms with Crippen LogP contribution in [0.15, 0.2) is 0 Å². The van der Waals surface area contributed by atoms with Gasteiger partial charge in [0, 0.05) is 0 Å². The van der Waals surface area contributed by atoms with Crippen molar-refractivity contribution in [2.75, 3.05) is 0 Å². The van der Waals surface area contributed by atoms with E-state index in [9.17, 15) is 0 Å². The van der Waals surface area contributed by atoms with Gasteiger partial charge >= 0.3 is 32.0 Å². The molecule has 4 heavy (non-hydrogen) atoms. The van der Waals surface area contributed by atoms with Crippen molar-refractivity contribution in [1.82, 2.24) is 0 Å². The first-order valence-electron chi connectivity index (χ1n) is 0.901. The van der Waals surface area contributed by atoms with Crippen molar-refractivity contribution in [3.05, 3.63) is 0 Å². The van der Waals surface area contributed by atoms with E-state index in [4.69, 9.17) is 6.42 Å². The second-order valence-electron chi connectivity index (χ2n) is 0.322. The Kier molecular flexibility index (Phi) is 3.14. The third kappa shape index (κ3) is 2.08. The molecule has 0 bridgehead atoms. The van der Waals surface area contributed by atoms with E-state index in [2.05, 4.69) is 4.82 Å². The molecule has 1 heteroatoms. The van der Waals surface area contributed by atoms with E-state index in [1.54, 1.807) is 0 Å². The minimum atomic E-state index is 0.444. The summed E-state index contributed by atoms with van der Waals surface area (Å²) in [6, 6.07) is 0. The number of hydrogen-bond acceptors (Lipinski definition) is 0. The van der Waals surface area contributed by atoms with E-state index < -0.39 is 0 Å². The Morgan fingerprint density at radius 1 is 2.00 bits per heavy atom. The van der Waals surface area contributed by atoms with Gasteiger partial charge < -0.3 is 0 Å². The molecule has 0 unspecified atom stereocenters. The molecule has 0 spiro atoms. The number of terminal acetylenes is 1. The first-order valence-corrected chi connectivity index (χ1v) is 3.47. The van der Waals surface area contributed by atoms with E-state index in [0.717, 1.165) is 0 Å². The predicted molar refractivity (Wildman–Crippen MR) is 20.5 cm³/mol. The first-order chi connectivity index (χ1) is 1.91. The molecule has 0 saturated carbocycles. The zero-order valence-corrected chi connectivity index (χ0v) is 4.20. The molecule has 0 radical (unpaired) electrons. The Hall–Kier alpha value is 0.0795. The standard InChI is InChI=1S/C3H4Se/c1-3-4-2/h1H,2H3. The van der Waals surface area contributed by atoms with E-state index in [1.807, 2.05) is 5.82 Å². The summed E-state index contributed by atoms with van der Waals surface area (Å²) in [5, 5.41) is 0. The molecule has 0 nitrogen and oxygen atoms in total. The molecule has 0 heterocycles. The molecule has 0 rings (SSSR count). The van der Waals surface area contributed by atoms with E-state index in [-0.39, 0.29) is 0 Å². The normalized spacial score (nSPS) is 5.00. The Balaban J connectivity index is 2.43. The summed E-state index contributed by atoms with van der Waals surface area (Å²) >= 11 is 0.444. The van der Waals surface area contributed by atoms with Crippen LogP contribution in [0, 0.1) is 11.2 Å². The van der Waals surface area contributed by atoms with Crippen molar-refractivity contribution in [2.24, 2.45) is 0 Å². The van der Waals surface area contributed by atoms with Gasteiger partial charge in [-0.2, -0.15) is 0 Å². The molecule has 0 atom stereocenters. The van der Waals surface area contributed by atoms with Crippen LogP contribution in [0.3, 0.4) is 0 Å². The van der Waals surface area contributed by atoms with Crippen LogP contribution in [0.2, 0.25) is 5.82 Å². The third-order valence-corrected chi connectivity index (χ3v) is 0.612. The first kappa shape index (κ1) is 4.08. The van der Waals surface area contributed by atoms with E-state index in [1.165, 1.54) is 0 Å². The van der Waals surface area contributed by atoms with E-state index in [0.29, 0.717) is 15.0 Å². The van der Waals surface area contributed by atoms with Gasteiger partial charge in [0.25, 0.3) is 0 Å². The predicted octanol–water partition coefficient (Wildman–Crippen LogP) is 0.329. The van der Waals surface area contributed by atoms with Gasteiger partial charge in [-0.1, -0.05) is 0 Å². The minimum absolute atomic E-state index is 0.444. The van der Waals surface area contributed by atoms with Gasteiger partial charge in [-0.25, -0.2) is 0 Å². The molecule has 0 aliphatic heterocycles.